The van der Waals surface area contributed by atoms with Gasteiger partial charge in [-0.2, -0.15) is 0 Å². The molecule has 82 valence electrons. The zero-order valence-corrected chi connectivity index (χ0v) is 8.25. The molecule has 4 N–H and O–H groups in total. The number of carboxylic acid groups (broad SMARTS) is 1. The third-order valence-electron chi connectivity index (χ3n) is 2.10. The van der Waals surface area contributed by atoms with Crippen molar-refractivity contribution in [1.82, 2.24) is 0 Å². The van der Waals surface area contributed by atoms with Gasteiger partial charge in [-0.1, -0.05) is 13.3 Å². The van der Waals surface area contributed by atoms with E-state index in [9.17, 15) is 14.3 Å². The maximum absolute atomic E-state index is 13.3. The highest BCUT2D eigenvalue weighted by molar-refractivity contribution is 5.95. The van der Waals surface area contributed by atoms with Crippen molar-refractivity contribution in [2.45, 2.75) is 19.8 Å². The van der Waals surface area contributed by atoms with Crippen molar-refractivity contribution in [3.05, 3.63) is 23.0 Å². The van der Waals surface area contributed by atoms with Crippen LogP contribution >= 0.6 is 0 Å². The number of benzene rings is 1. The van der Waals surface area contributed by atoms with Crippen molar-refractivity contribution in [3.8, 4) is 5.75 Å². The molecule has 1 rings (SSSR count). The van der Waals surface area contributed by atoms with Crippen molar-refractivity contribution in [1.29, 1.82) is 0 Å². The van der Waals surface area contributed by atoms with Gasteiger partial charge in [0.15, 0.2) is 0 Å². The van der Waals surface area contributed by atoms with Crippen LogP contribution in [0.2, 0.25) is 0 Å². The van der Waals surface area contributed by atoms with E-state index in [2.05, 4.69) is 0 Å². The fourth-order valence-electron chi connectivity index (χ4n) is 1.39. The van der Waals surface area contributed by atoms with E-state index in [4.69, 9.17) is 10.8 Å². The summed E-state index contributed by atoms with van der Waals surface area (Å²) in [5.41, 5.74) is 4.59. The van der Waals surface area contributed by atoms with Crippen LogP contribution in [0.5, 0.6) is 5.75 Å². The number of aryl methyl sites for hydroxylation is 1. The van der Waals surface area contributed by atoms with E-state index in [1.54, 1.807) is 0 Å². The van der Waals surface area contributed by atoms with Crippen LogP contribution in [0.15, 0.2) is 6.07 Å². The number of phenolic OH excluding ortho intramolecular Hbond substituents is 1. The van der Waals surface area contributed by atoms with Gasteiger partial charge < -0.3 is 15.9 Å². The summed E-state index contributed by atoms with van der Waals surface area (Å²) >= 11 is 0. The number of hydrogen-bond acceptors (Lipinski definition) is 3. The molecule has 0 amide bonds. The molecule has 0 unspecified atom stereocenters. The molecule has 0 aromatic heterocycles. The summed E-state index contributed by atoms with van der Waals surface area (Å²) in [6.45, 7) is 1.86. The van der Waals surface area contributed by atoms with Gasteiger partial charge in [0.2, 0.25) is 0 Å². The lowest BCUT2D eigenvalue weighted by Crippen LogP contribution is -2.07. The van der Waals surface area contributed by atoms with Crippen molar-refractivity contribution >= 4 is 11.7 Å². The highest BCUT2D eigenvalue weighted by Crippen LogP contribution is 2.31. The molecule has 0 spiro atoms. The molecular weight excluding hydrogens is 201 g/mol. The monoisotopic (exact) mass is 213 g/mol. The topological polar surface area (TPSA) is 83.5 Å². The number of nitrogens with two attached hydrogens (primary N) is 1. The predicted molar refractivity (Wildman–Crippen MR) is 53.4 cm³/mol. The highest BCUT2D eigenvalue weighted by atomic mass is 19.1. The molecule has 0 heterocycles. The molecule has 4 nitrogen and oxygen atoms in total. The zero-order valence-electron chi connectivity index (χ0n) is 8.25. The lowest BCUT2D eigenvalue weighted by Gasteiger charge is -2.09. The molecule has 5 heteroatoms. The summed E-state index contributed by atoms with van der Waals surface area (Å²) in [7, 11) is 0. The molecule has 0 bridgehead atoms. The Morgan fingerprint density at radius 2 is 2.20 bits per heavy atom. The Labute approximate surface area is 86.1 Å². The van der Waals surface area contributed by atoms with Crippen molar-refractivity contribution in [2.75, 3.05) is 5.73 Å². The Balaban J connectivity index is 3.37. The number of phenols is 1. The second-order valence-corrected chi connectivity index (χ2v) is 3.21. The Bertz CT molecular complexity index is 404. The number of aromatic carboxylic acids is 1. The number of hydrogen-bond donors (Lipinski definition) is 3. The minimum atomic E-state index is -1.48. The molecule has 0 aliphatic heterocycles. The van der Waals surface area contributed by atoms with Crippen LogP contribution in [0, 0.1) is 5.82 Å². The SMILES string of the molecule is CCCc1cc(F)c(C(=O)O)c(N)c1O. The molecule has 0 saturated carbocycles. The van der Waals surface area contributed by atoms with Gasteiger partial charge in [0, 0.05) is 0 Å². The summed E-state index contributed by atoms with van der Waals surface area (Å²) in [6.07, 6.45) is 1.16. The highest BCUT2D eigenvalue weighted by Gasteiger charge is 2.20. The molecule has 0 atom stereocenters. The van der Waals surface area contributed by atoms with Crippen LogP contribution in [0.4, 0.5) is 10.1 Å². The van der Waals surface area contributed by atoms with Gasteiger partial charge >= 0.3 is 5.97 Å². The van der Waals surface area contributed by atoms with Gasteiger partial charge in [-0.25, -0.2) is 9.18 Å². The summed E-state index contributed by atoms with van der Waals surface area (Å²) < 4.78 is 13.3. The Kier molecular flexibility index (Phi) is 3.14. The third-order valence-corrected chi connectivity index (χ3v) is 2.10. The van der Waals surface area contributed by atoms with E-state index in [-0.39, 0.29) is 5.75 Å². The quantitative estimate of drug-likeness (QED) is 0.527. The summed E-state index contributed by atoms with van der Waals surface area (Å²) in [5.74, 6) is -2.74. The molecule has 1 aromatic carbocycles. The minimum absolute atomic E-state index is 0.331. The van der Waals surface area contributed by atoms with E-state index in [0.717, 1.165) is 6.07 Å². The van der Waals surface area contributed by atoms with E-state index in [0.29, 0.717) is 18.4 Å². The minimum Gasteiger partial charge on any atom is -0.505 e. The number of anilines is 1. The van der Waals surface area contributed by atoms with Gasteiger partial charge in [-0.05, 0) is 18.1 Å². The summed E-state index contributed by atoms with van der Waals surface area (Å²) in [5, 5.41) is 18.2. The lowest BCUT2D eigenvalue weighted by atomic mass is 10.0. The van der Waals surface area contributed by atoms with E-state index in [1.165, 1.54) is 0 Å². The maximum Gasteiger partial charge on any atom is 0.340 e. The first kappa shape index (κ1) is 11.3. The first-order valence-electron chi connectivity index (χ1n) is 4.52. The number of carbonyl (C=O) groups is 1. The second kappa shape index (κ2) is 4.16. The average molecular weight is 213 g/mol. The molecule has 0 aliphatic carbocycles. The fraction of sp³-hybridized carbons (Fsp3) is 0.300. The van der Waals surface area contributed by atoms with Crippen LogP contribution in [-0.2, 0) is 6.42 Å². The van der Waals surface area contributed by atoms with Crippen molar-refractivity contribution in [3.63, 3.8) is 0 Å². The molecule has 0 saturated heterocycles. The Hall–Kier alpha value is -1.78. The molecular formula is C10H12FNO3. The third kappa shape index (κ3) is 2.01. The average Bonchev–Trinajstić information content (AvgIpc) is 2.13. The van der Waals surface area contributed by atoms with Gasteiger partial charge in [0.05, 0.1) is 5.69 Å². The van der Waals surface area contributed by atoms with E-state index >= 15 is 0 Å². The number of halogens is 1. The van der Waals surface area contributed by atoms with Gasteiger partial charge in [-0.3, -0.25) is 0 Å². The first-order chi connectivity index (χ1) is 6.99. The lowest BCUT2D eigenvalue weighted by molar-refractivity contribution is 0.0692. The number of nitrogen functional groups attached to an aromatic ring is 1. The van der Waals surface area contributed by atoms with Crippen LogP contribution in [-0.4, -0.2) is 16.2 Å². The normalized spacial score (nSPS) is 10.3. The number of carboxylic acids is 1. The summed E-state index contributed by atoms with van der Waals surface area (Å²) in [4.78, 5) is 10.6. The first-order valence-corrected chi connectivity index (χ1v) is 4.52. The smallest absolute Gasteiger partial charge is 0.340 e. The van der Waals surface area contributed by atoms with Crippen LogP contribution < -0.4 is 5.73 Å². The van der Waals surface area contributed by atoms with E-state index in [1.807, 2.05) is 6.92 Å². The number of aromatic hydroxyl groups is 1. The Morgan fingerprint density at radius 1 is 1.60 bits per heavy atom. The second-order valence-electron chi connectivity index (χ2n) is 3.21. The molecule has 0 aliphatic rings. The van der Waals surface area contributed by atoms with E-state index < -0.39 is 23.0 Å². The molecule has 0 radical (unpaired) electrons. The van der Waals surface area contributed by atoms with Crippen molar-refractivity contribution in [2.24, 2.45) is 0 Å². The molecule has 15 heavy (non-hydrogen) atoms. The predicted octanol–water partition coefficient (Wildman–Crippen LogP) is 1.76. The van der Waals surface area contributed by atoms with Gasteiger partial charge in [0.1, 0.15) is 17.1 Å². The maximum atomic E-state index is 13.3. The van der Waals surface area contributed by atoms with Gasteiger partial charge in [-0.15, -0.1) is 0 Å². The van der Waals surface area contributed by atoms with Crippen LogP contribution in [0.25, 0.3) is 0 Å². The Morgan fingerprint density at radius 3 is 2.67 bits per heavy atom. The number of rotatable bonds is 3. The molecule has 0 fully saturated rings. The largest absolute Gasteiger partial charge is 0.505 e. The molecule has 1 aromatic rings. The zero-order chi connectivity index (χ0) is 11.6. The van der Waals surface area contributed by atoms with Crippen LogP contribution in [0.3, 0.4) is 0 Å². The van der Waals surface area contributed by atoms with Gasteiger partial charge in [0.25, 0.3) is 0 Å². The van der Waals surface area contributed by atoms with Crippen LogP contribution in [0.1, 0.15) is 29.3 Å². The van der Waals surface area contributed by atoms with Crippen molar-refractivity contribution < 1.29 is 19.4 Å². The standard InChI is InChI=1S/C10H12FNO3/c1-2-3-5-4-6(11)7(10(14)15)8(12)9(5)13/h4,13H,2-3,12H2,1H3,(H,14,15). The fourth-order valence-corrected chi connectivity index (χ4v) is 1.39. The summed E-state index contributed by atoms with van der Waals surface area (Å²) in [6, 6.07) is 1.01.